The minimum Gasteiger partial charge on any atom is -0.367 e. The van der Waals surface area contributed by atoms with Gasteiger partial charge in [0.25, 0.3) is 0 Å². The number of morpholine rings is 1. The second-order valence-electron chi connectivity index (χ2n) is 6.99. The highest BCUT2D eigenvalue weighted by Gasteiger charge is 2.32. The Balaban J connectivity index is 1.42. The Morgan fingerprint density at radius 3 is 2.41 bits per heavy atom. The summed E-state index contributed by atoms with van der Waals surface area (Å²) in [6.07, 6.45) is 1.31. The standard InChI is InChI=1S/C22H22N4O3/c1-16-14-25(15-19(29-16)17-8-4-2-5-9-17)22(28)21(27)23-20-12-13-26(24-20)18-10-6-3-7-11-18/h2-13,16,19H,14-15H2,1H3,(H,23,24,27)/t16-,19-/m0/s1. The molecule has 7 heteroatoms. The van der Waals surface area contributed by atoms with Gasteiger partial charge in [0.15, 0.2) is 5.82 Å². The number of benzene rings is 2. The lowest BCUT2D eigenvalue weighted by molar-refractivity contribution is -0.152. The molecule has 29 heavy (non-hydrogen) atoms. The zero-order chi connectivity index (χ0) is 20.2. The molecule has 0 aliphatic carbocycles. The van der Waals surface area contributed by atoms with Crippen molar-refractivity contribution in [1.82, 2.24) is 14.7 Å². The number of anilines is 1. The summed E-state index contributed by atoms with van der Waals surface area (Å²) in [7, 11) is 0. The molecule has 1 saturated heterocycles. The van der Waals surface area contributed by atoms with Gasteiger partial charge < -0.3 is 15.0 Å². The predicted octanol–water partition coefficient (Wildman–Crippen LogP) is 2.80. The highest BCUT2D eigenvalue weighted by Crippen LogP contribution is 2.25. The van der Waals surface area contributed by atoms with E-state index in [0.717, 1.165) is 11.3 Å². The molecule has 0 radical (unpaired) electrons. The van der Waals surface area contributed by atoms with E-state index < -0.39 is 11.8 Å². The zero-order valence-corrected chi connectivity index (χ0v) is 16.1. The van der Waals surface area contributed by atoms with Crippen LogP contribution < -0.4 is 5.32 Å². The van der Waals surface area contributed by atoms with Crippen molar-refractivity contribution in [2.24, 2.45) is 0 Å². The molecule has 7 nitrogen and oxygen atoms in total. The van der Waals surface area contributed by atoms with Crippen LogP contribution in [-0.2, 0) is 14.3 Å². The third-order valence-corrected chi connectivity index (χ3v) is 4.76. The van der Waals surface area contributed by atoms with E-state index in [1.807, 2.05) is 67.6 Å². The first-order chi connectivity index (χ1) is 14.1. The van der Waals surface area contributed by atoms with Crippen LogP contribution in [0.2, 0.25) is 0 Å². The molecule has 0 bridgehead atoms. The quantitative estimate of drug-likeness (QED) is 0.698. The number of hydrogen-bond acceptors (Lipinski definition) is 4. The summed E-state index contributed by atoms with van der Waals surface area (Å²) in [5.74, 6) is -0.965. The van der Waals surface area contributed by atoms with Gasteiger partial charge in [0.05, 0.1) is 18.3 Å². The van der Waals surface area contributed by atoms with Crippen LogP contribution in [0.3, 0.4) is 0 Å². The largest absolute Gasteiger partial charge is 0.367 e. The summed E-state index contributed by atoms with van der Waals surface area (Å²) in [5, 5.41) is 6.91. The van der Waals surface area contributed by atoms with Gasteiger partial charge in [0.1, 0.15) is 6.10 Å². The van der Waals surface area contributed by atoms with Gasteiger partial charge in [-0.15, -0.1) is 0 Å². The first-order valence-electron chi connectivity index (χ1n) is 9.52. The van der Waals surface area contributed by atoms with Crippen LogP contribution in [0.25, 0.3) is 5.69 Å². The van der Waals surface area contributed by atoms with Crippen molar-refractivity contribution in [3.63, 3.8) is 0 Å². The number of nitrogens with one attached hydrogen (secondary N) is 1. The molecule has 4 rings (SSSR count). The number of hydrogen-bond donors (Lipinski definition) is 1. The highest BCUT2D eigenvalue weighted by molar-refractivity contribution is 6.39. The van der Waals surface area contributed by atoms with E-state index in [1.54, 1.807) is 16.9 Å². The third-order valence-electron chi connectivity index (χ3n) is 4.76. The minimum atomic E-state index is -0.704. The van der Waals surface area contributed by atoms with Crippen LogP contribution in [0.4, 0.5) is 5.82 Å². The number of para-hydroxylation sites is 1. The van der Waals surface area contributed by atoms with E-state index in [1.165, 1.54) is 4.90 Å². The van der Waals surface area contributed by atoms with Crippen molar-refractivity contribution in [2.75, 3.05) is 18.4 Å². The van der Waals surface area contributed by atoms with E-state index in [9.17, 15) is 9.59 Å². The number of nitrogens with zero attached hydrogens (tertiary/aromatic N) is 3. The summed E-state index contributed by atoms with van der Waals surface area (Å²) in [6, 6.07) is 20.9. The Kier molecular flexibility index (Phi) is 5.39. The predicted molar refractivity (Wildman–Crippen MR) is 109 cm³/mol. The smallest absolute Gasteiger partial charge is 0.315 e. The van der Waals surface area contributed by atoms with Crippen LogP contribution in [0.15, 0.2) is 72.9 Å². The Hall–Kier alpha value is -3.45. The molecule has 2 aromatic carbocycles. The van der Waals surface area contributed by atoms with E-state index in [-0.39, 0.29) is 12.2 Å². The molecule has 1 N–H and O–H groups in total. The summed E-state index contributed by atoms with van der Waals surface area (Å²) < 4.78 is 7.60. The Bertz CT molecular complexity index is 988. The molecule has 1 aliphatic rings. The number of aromatic nitrogens is 2. The van der Waals surface area contributed by atoms with Crippen molar-refractivity contribution < 1.29 is 14.3 Å². The van der Waals surface area contributed by atoms with Crippen molar-refractivity contribution in [1.29, 1.82) is 0 Å². The van der Waals surface area contributed by atoms with E-state index >= 15 is 0 Å². The van der Waals surface area contributed by atoms with Crippen molar-refractivity contribution in [3.8, 4) is 5.69 Å². The fourth-order valence-corrected chi connectivity index (χ4v) is 3.40. The van der Waals surface area contributed by atoms with Gasteiger partial charge in [-0.2, -0.15) is 5.10 Å². The number of ether oxygens (including phenoxy) is 1. The molecule has 3 aromatic rings. The normalized spacial score (nSPS) is 19.0. The summed E-state index contributed by atoms with van der Waals surface area (Å²) >= 11 is 0. The maximum atomic E-state index is 12.7. The zero-order valence-electron chi connectivity index (χ0n) is 16.1. The molecule has 0 saturated carbocycles. The van der Waals surface area contributed by atoms with Gasteiger partial charge >= 0.3 is 11.8 Å². The van der Waals surface area contributed by atoms with Crippen LogP contribution in [-0.4, -0.2) is 45.7 Å². The molecule has 1 aromatic heterocycles. The lowest BCUT2D eigenvalue weighted by Crippen LogP contribution is -2.49. The average molecular weight is 390 g/mol. The first kappa shape index (κ1) is 18.9. The monoisotopic (exact) mass is 390 g/mol. The first-order valence-corrected chi connectivity index (χ1v) is 9.52. The Morgan fingerprint density at radius 2 is 1.69 bits per heavy atom. The van der Waals surface area contributed by atoms with Crippen molar-refractivity contribution in [3.05, 3.63) is 78.5 Å². The maximum absolute atomic E-state index is 12.7. The maximum Gasteiger partial charge on any atom is 0.315 e. The molecule has 0 spiro atoms. The van der Waals surface area contributed by atoms with Crippen molar-refractivity contribution in [2.45, 2.75) is 19.1 Å². The Labute approximate surface area is 168 Å². The van der Waals surface area contributed by atoms with Gasteiger partial charge in [-0.1, -0.05) is 48.5 Å². The van der Waals surface area contributed by atoms with Crippen LogP contribution >= 0.6 is 0 Å². The van der Waals surface area contributed by atoms with Gasteiger partial charge in [-0.05, 0) is 24.6 Å². The molecular weight excluding hydrogens is 368 g/mol. The minimum absolute atomic E-state index is 0.164. The van der Waals surface area contributed by atoms with Crippen LogP contribution in [0, 0.1) is 0 Å². The fraction of sp³-hybridized carbons (Fsp3) is 0.227. The van der Waals surface area contributed by atoms with Gasteiger partial charge in [-0.3, -0.25) is 9.59 Å². The van der Waals surface area contributed by atoms with Gasteiger partial charge in [-0.25, -0.2) is 4.68 Å². The lowest BCUT2D eigenvalue weighted by atomic mass is 10.1. The number of amides is 2. The summed E-state index contributed by atoms with van der Waals surface area (Å²) in [6.45, 7) is 2.60. The molecule has 2 heterocycles. The third kappa shape index (κ3) is 4.35. The molecule has 1 aliphatic heterocycles. The van der Waals surface area contributed by atoms with E-state index in [2.05, 4.69) is 10.4 Å². The van der Waals surface area contributed by atoms with Crippen molar-refractivity contribution >= 4 is 17.6 Å². The van der Waals surface area contributed by atoms with E-state index in [0.29, 0.717) is 18.9 Å². The fourth-order valence-electron chi connectivity index (χ4n) is 3.40. The Morgan fingerprint density at radius 1 is 1.00 bits per heavy atom. The van der Waals surface area contributed by atoms with Gasteiger partial charge in [0.2, 0.25) is 0 Å². The summed E-state index contributed by atoms with van der Waals surface area (Å²) in [4.78, 5) is 26.8. The molecule has 2 atom stereocenters. The second-order valence-corrected chi connectivity index (χ2v) is 6.99. The molecular formula is C22H22N4O3. The molecule has 1 fully saturated rings. The highest BCUT2D eigenvalue weighted by atomic mass is 16.5. The number of carbonyl (C=O) groups excluding carboxylic acids is 2. The number of carbonyl (C=O) groups is 2. The topological polar surface area (TPSA) is 76.5 Å². The molecule has 148 valence electrons. The number of rotatable bonds is 3. The lowest BCUT2D eigenvalue weighted by Gasteiger charge is -2.36. The molecule has 2 amide bonds. The second kappa shape index (κ2) is 8.28. The molecule has 0 unspecified atom stereocenters. The van der Waals surface area contributed by atoms with Gasteiger partial charge in [0, 0.05) is 18.8 Å². The van der Waals surface area contributed by atoms with Crippen LogP contribution in [0.5, 0.6) is 0 Å². The average Bonchev–Trinajstić information content (AvgIpc) is 3.22. The summed E-state index contributed by atoms with van der Waals surface area (Å²) in [5.41, 5.74) is 1.85. The SMILES string of the molecule is C[C@H]1CN(C(=O)C(=O)Nc2ccn(-c3ccccc3)n2)C[C@@H](c2ccccc2)O1. The van der Waals surface area contributed by atoms with Crippen LogP contribution in [0.1, 0.15) is 18.6 Å². The van der Waals surface area contributed by atoms with E-state index in [4.69, 9.17) is 4.74 Å².